The zero-order valence-corrected chi connectivity index (χ0v) is 11.0. The predicted molar refractivity (Wildman–Crippen MR) is 72.5 cm³/mol. The maximum Gasteiger partial charge on any atom is 0.242 e. The summed E-state index contributed by atoms with van der Waals surface area (Å²) in [5.74, 6) is 0.00181. The van der Waals surface area contributed by atoms with Gasteiger partial charge < -0.3 is 16.2 Å². The topological polar surface area (TPSA) is 123 Å². The van der Waals surface area contributed by atoms with E-state index in [0.29, 0.717) is 21.5 Å². The standard InChI is InChI=1S/C9H10N6OS2/c1-16-6(10)7-13-4(2-17-7)5-3-18-9(14-5)15-8(11)12/h2-3,10H,1H3,(H4,11,12,14,15). The number of nitrogens with zero attached hydrogens (tertiary/aromatic N) is 3. The van der Waals surface area contributed by atoms with E-state index in [1.807, 2.05) is 0 Å². The Bertz CT molecular complexity index is 598. The summed E-state index contributed by atoms with van der Waals surface area (Å²) in [6.45, 7) is 0. The average Bonchev–Trinajstić information content (AvgIpc) is 2.95. The Hall–Kier alpha value is -2.00. The molecule has 7 nitrogen and oxygen atoms in total. The van der Waals surface area contributed by atoms with E-state index in [0.717, 1.165) is 0 Å². The van der Waals surface area contributed by atoms with Crippen molar-refractivity contribution in [2.24, 2.45) is 16.5 Å². The SMILES string of the molecule is COC(=N)c1nc(-c2csc(N=C(N)N)n2)cs1. The number of methoxy groups -OCH3 is 1. The van der Waals surface area contributed by atoms with Gasteiger partial charge in [0.1, 0.15) is 11.4 Å². The summed E-state index contributed by atoms with van der Waals surface area (Å²) in [7, 11) is 1.43. The highest BCUT2D eigenvalue weighted by molar-refractivity contribution is 7.14. The molecule has 0 bridgehead atoms. The largest absolute Gasteiger partial charge is 0.479 e. The summed E-state index contributed by atoms with van der Waals surface area (Å²) in [5.41, 5.74) is 11.9. The van der Waals surface area contributed by atoms with Crippen LogP contribution in [0.4, 0.5) is 5.13 Å². The van der Waals surface area contributed by atoms with E-state index in [1.165, 1.54) is 29.8 Å². The molecular weight excluding hydrogens is 272 g/mol. The molecule has 0 saturated carbocycles. The Morgan fingerprint density at radius 3 is 2.61 bits per heavy atom. The summed E-state index contributed by atoms with van der Waals surface area (Å²) in [4.78, 5) is 12.3. The van der Waals surface area contributed by atoms with E-state index >= 15 is 0 Å². The molecule has 0 amide bonds. The van der Waals surface area contributed by atoms with Crippen molar-refractivity contribution in [1.82, 2.24) is 9.97 Å². The minimum absolute atomic E-state index is 0.0315. The van der Waals surface area contributed by atoms with Crippen LogP contribution in [0.25, 0.3) is 11.4 Å². The molecule has 0 atom stereocenters. The number of aromatic nitrogens is 2. The van der Waals surface area contributed by atoms with E-state index < -0.39 is 0 Å². The van der Waals surface area contributed by atoms with Gasteiger partial charge >= 0.3 is 0 Å². The summed E-state index contributed by atoms with van der Waals surface area (Å²) in [5, 5.41) is 12.1. The number of thiazole rings is 2. The molecule has 9 heteroatoms. The maximum absolute atomic E-state index is 7.50. The molecule has 2 heterocycles. The smallest absolute Gasteiger partial charge is 0.242 e. The van der Waals surface area contributed by atoms with Crippen molar-refractivity contribution >= 4 is 39.7 Å². The molecule has 0 aromatic carbocycles. The molecule has 0 radical (unpaired) electrons. The lowest BCUT2D eigenvalue weighted by molar-refractivity contribution is 0.401. The zero-order chi connectivity index (χ0) is 13.1. The van der Waals surface area contributed by atoms with Crippen LogP contribution in [-0.4, -0.2) is 28.9 Å². The van der Waals surface area contributed by atoms with Crippen LogP contribution in [0.3, 0.4) is 0 Å². The number of ether oxygens (including phenoxy) is 1. The predicted octanol–water partition coefficient (Wildman–Crippen LogP) is 1.14. The van der Waals surface area contributed by atoms with Gasteiger partial charge in [-0.05, 0) is 0 Å². The monoisotopic (exact) mass is 282 g/mol. The van der Waals surface area contributed by atoms with E-state index in [-0.39, 0.29) is 11.9 Å². The first-order valence-electron chi connectivity index (χ1n) is 4.74. The Morgan fingerprint density at radius 2 is 1.94 bits per heavy atom. The Morgan fingerprint density at radius 1 is 1.28 bits per heavy atom. The molecule has 0 spiro atoms. The van der Waals surface area contributed by atoms with Gasteiger partial charge in [-0.2, -0.15) is 4.99 Å². The second-order valence-electron chi connectivity index (χ2n) is 3.12. The fourth-order valence-corrected chi connectivity index (χ4v) is 2.56. The lowest BCUT2D eigenvalue weighted by Gasteiger charge is -1.94. The molecular formula is C9H10N6OS2. The van der Waals surface area contributed by atoms with Crippen LogP contribution in [0.15, 0.2) is 15.8 Å². The maximum atomic E-state index is 7.50. The van der Waals surface area contributed by atoms with Gasteiger partial charge in [0.2, 0.25) is 11.0 Å². The molecule has 0 aliphatic rings. The summed E-state index contributed by atoms with van der Waals surface area (Å²) in [6.07, 6.45) is 0. The highest BCUT2D eigenvalue weighted by Gasteiger charge is 2.11. The minimum Gasteiger partial charge on any atom is -0.479 e. The molecule has 5 N–H and O–H groups in total. The Kier molecular flexibility index (Phi) is 3.53. The first-order chi connectivity index (χ1) is 8.60. The van der Waals surface area contributed by atoms with Gasteiger partial charge in [0.25, 0.3) is 0 Å². The van der Waals surface area contributed by atoms with Crippen LogP contribution in [-0.2, 0) is 4.74 Å². The summed E-state index contributed by atoms with van der Waals surface area (Å²) in [6, 6.07) is 0. The van der Waals surface area contributed by atoms with Crippen molar-refractivity contribution in [2.75, 3.05) is 7.11 Å². The second-order valence-corrected chi connectivity index (χ2v) is 4.82. The molecule has 2 aromatic rings. The van der Waals surface area contributed by atoms with Gasteiger partial charge in [-0.1, -0.05) is 0 Å². The van der Waals surface area contributed by atoms with Crippen LogP contribution in [0.1, 0.15) is 5.01 Å². The third kappa shape index (κ3) is 2.63. The van der Waals surface area contributed by atoms with Crippen molar-refractivity contribution in [3.63, 3.8) is 0 Å². The van der Waals surface area contributed by atoms with Crippen LogP contribution in [0.5, 0.6) is 0 Å². The number of nitrogens with one attached hydrogen (secondary N) is 1. The highest BCUT2D eigenvalue weighted by Crippen LogP contribution is 2.27. The van der Waals surface area contributed by atoms with E-state index in [4.69, 9.17) is 21.6 Å². The summed E-state index contributed by atoms with van der Waals surface area (Å²) >= 11 is 2.64. The first-order valence-corrected chi connectivity index (χ1v) is 6.50. The molecule has 94 valence electrons. The van der Waals surface area contributed by atoms with Crippen LogP contribution in [0.2, 0.25) is 0 Å². The fourth-order valence-electron chi connectivity index (χ4n) is 1.13. The first kappa shape index (κ1) is 12.5. The minimum atomic E-state index is -0.0315. The Labute approximate surface area is 111 Å². The average molecular weight is 282 g/mol. The number of aliphatic imine (C=N–C) groups is 1. The van der Waals surface area contributed by atoms with Crippen molar-refractivity contribution in [1.29, 1.82) is 5.41 Å². The van der Waals surface area contributed by atoms with Crippen LogP contribution >= 0.6 is 22.7 Å². The number of hydrogen-bond acceptors (Lipinski definition) is 7. The molecule has 2 aromatic heterocycles. The van der Waals surface area contributed by atoms with Crippen molar-refractivity contribution in [2.45, 2.75) is 0 Å². The molecule has 0 fully saturated rings. The number of rotatable bonds is 3. The van der Waals surface area contributed by atoms with Gasteiger partial charge in [-0.15, -0.1) is 22.7 Å². The summed E-state index contributed by atoms with van der Waals surface area (Å²) < 4.78 is 4.80. The molecule has 0 saturated heterocycles. The number of nitrogens with two attached hydrogens (primary N) is 2. The van der Waals surface area contributed by atoms with Gasteiger partial charge in [-0.25, -0.2) is 9.97 Å². The van der Waals surface area contributed by atoms with E-state index in [2.05, 4.69) is 15.0 Å². The lowest BCUT2D eigenvalue weighted by atomic mass is 10.4. The second kappa shape index (κ2) is 5.10. The molecule has 2 rings (SSSR count). The van der Waals surface area contributed by atoms with Crippen LogP contribution < -0.4 is 11.5 Å². The molecule has 0 unspecified atom stereocenters. The molecule has 0 aliphatic carbocycles. The third-order valence-corrected chi connectivity index (χ3v) is 3.46. The van der Waals surface area contributed by atoms with Gasteiger partial charge in [0.15, 0.2) is 11.0 Å². The van der Waals surface area contributed by atoms with E-state index in [1.54, 1.807) is 10.8 Å². The van der Waals surface area contributed by atoms with Gasteiger partial charge in [0.05, 0.1) is 7.11 Å². The number of hydrogen-bond donors (Lipinski definition) is 3. The van der Waals surface area contributed by atoms with Crippen molar-refractivity contribution in [3.05, 3.63) is 15.8 Å². The quantitative estimate of drug-likeness (QED) is 0.575. The van der Waals surface area contributed by atoms with Crippen molar-refractivity contribution < 1.29 is 4.74 Å². The van der Waals surface area contributed by atoms with E-state index in [9.17, 15) is 0 Å². The zero-order valence-electron chi connectivity index (χ0n) is 9.38. The molecule has 18 heavy (non-hydrogen) atoms. The van der Waals surface area contributed by atoms with Crippen LogP contribution in [0, 0.1) is 5.41 Å². The van der Waals surface area contributed by atoms with Gasteiger partial charge in [-0.3, -0.25) is 5.41 Å². The highest BCUT2D eigenvalue weighted by atomic mass is 32.1. The lowest BCUT2D eigenvalue weighted by Crippen LogP contribution is -2.21. The third-order valence-electron chi connectivity index (χ3n) is 1.88. The molecule has 0 aliphatic heterocycles. The van der Waals surface area contributed by atoms with Gasteiger partial charge in [0, 0.05) is 10.8 Å². The normalized spacial score (nSPS) is 10.1. The Balaban J connectivity index is 2.26. The fraction of sp³-hybridized carbons (Fsp3) is 0.111. The van der Waals surface area contributed by atoms with Crippen molar-refractivity contribution in [3.8, 4) is 11.4 Å². The number of guanidine groups is 1.